The van der Waals surface area contributed by atoms with Crippen LogP contribution < -0.4 is 16.0 Å². The summed E-state index contributed by atoms with van der Waals surface area (Å²) in [6.07, 6.45) is 6.33. The fraction of sp³-hybridized carbons (Fsp3) is 0.692. The van der Waals surface area contributed by atoms with Gasteiger partial charge >= 0.3 is 0 Å². The predicted molar refractivity (Wildman–Crippen MR) is 71.2 cm³/mol. The third-order valence-electron chi connectivity index (χ3n) is 3.56. The number of hydrogen-bond acceptors (Lipinski definition) is 5. The fourth-order valence-corrected chi connectivity index (χ4v) is 2.55. The molecule has 1 aliphatic carbocycles. The molecule has 2 rings (SSSR count). The molecule has 0 bridgehead atoms. The van der Waals surface area contributed by atoms with Crippen LogP contribution in [-0.4, -0.2) is 16.1 Å². The number of aromatic nitrogens is 2. The molecule has 0 radical (unpaired) electrons. The van der Waals surface area contributed by atoms with Crippen molar-refractivity contribution in [3.05, 3.63) is 11.8 Å². The van der Waals surface area contributed by atoms with Gasteiger partial charge in [0.25, 0.3) is 0 Å². The molecule has 0 aliphatic heterocycles. The molecule has 2 atom stereocenters. The first kappa shape index (κ1) is 13.1. The van der Waals surface area contributed by atoms with E-state index in [1.807, 2.05) is 13.0 Å². The van der Waals surface area contributed by atoms with Gasteiger partial charge in [-0.15, -0.1) is 0 Å². The quantitative estimate of drug-likeness (QED) is 0.634. The van der Waals surface area contributed by atoms with Gasteiger partial charge in [0.1, 0.15) is 6.10 Å². The first-order chi connectivity index (χ1) is 8.71. The lowest BCUT2D eigenvalue weighted by Gasteiger charge is -2.28. The van der Waals surface area contributed by atoms with Gasteiger partial charge in [0, 0.05) is 11.8 Å². The second-order valence-electron chi connectivity index (χ2n) is 5.00. The van der Waals surface area contributed by atoms with E-state index in [1.165, 1.54) is 19.3 Å². The summed E-state index contributed by atoms with van der Waals surface area (Å²) >= 11 is 0. The van der Waals surface area contributed by atoms with E-state index in [-0.39, 0.29) is 6.10 Å². The second kappa shape index (κ2) is 6.00. The number of nitrogens with two attached hydrogens (primary N) is 1. The van der Waals surface area contributed by atoms with E-state index in [1.54, 1.807) is 0 Å². The summed E-state index contributed by atoms with van der Waals surface area (Å²) in [5.41, 5.74) is 3.32. The Morgan fingerprint density at radius 2 is 2.28 bits per heavy atom. The Morgan fingerprint density at radius 1 is 1.44 bits per heavy atom. The minimum absolute atomic E-state index is 0.281. The Labute approximate surface area is 108 Å². The number of ether oxygens (including phenoxy) is 1. The van der Waals surface area contributed by atoms with E-state index in [4.69, 9.17) is 10.6 Å². The number of hydrogen-bond donors (Lipinski definition) is 2. The minimum atomic E-state index is 0.281. The summed E-state index contributed by atoms with van der Waals surface area (Å²) in [5, 5.41) is 0. The first-order valence-electron chi connectivity index (χ1n) is 6.70. The van der Waals surface area contributed by atoms with E-state index in [9.17, 15) is 0 Å². The molecule has 0 spiro atoms. The molecule has 1 heterocycles. The highest BCUT2D eigenvalue weighted by atomic mass is 16.5. The zero-order valence-electron chi connectivity index (χ0n) is 11.1. The number of hydrazine groups is 1. The summed E-state index contributed by atoms with van der Waals surface area (Å²) in [7, 11) is 0. The van der Waals surface area contributed by atoms with E-state index < -0.39 is 0 Å². The molecule has 0 amide bonds. The topological polar surface area (TPSA) is 73.1 Å². The Hall–Kier alpha value is -1.36. The van der Waals surface area contributed by atoms with Gasteiger partial charge in [-0.05, 0) is 32.1 Å². The molecule has 1 saturated carbocycles. The number of nitrogen functional groups attached to an aromatic ring is 1. The fourth-order valence-electron chi connectivity index (χ4n) is 2.55. The van der Waals surface area contributed by atoms with Crippen LogP contribution in [0.2, 0.25) is 0 Å². The summed E-state index contributed by atoms with van der Waals surface area (Å²) in [6, 6.07) is 1.86. The Balaban J connectivity index is 2.02. The molecular formula is C13H22N4O. The number of nitrogens with zero attached hydrogens (tertiary/aromatic N) is 2. The molecule has 1 fully saturated rings. The van der Waals surface area contributed by atoms with Crippen LogP contribution in [0, 0.1) is 12.8 Å². The average Bonchev–Trinajstić information content (AvgIpc) is 2.38. The van der Waals surface area contributed by atoms with Crippen LogP contribution in [0.4, 0.5) is 5.95 Å². The first-order valence-corrected chi connectivity index (χ1v) is 6.70. The van der Waals surface area contributed by atoms with Crippen molar-refractivity contribution >= 4 is 5.95 Å². The summed E-state index contributed by atoms with van der Waals surface area (Å²) in [6.45, 7) is 4.16. The van der Waals surface area contributed by atoms with Crippen LogP contribution in [0.1, 0.15) is 44.7 Å². The normalized spacial score (nSPS) is 23.7. The minimum Gasteiger partial charge on any atom is -0.474 e. The molecule has 3 N–H and O–H groups in total. The molecule has 0 saturated heterocycles. The second-order valence-corrected chi connectivity index (χ2v) is 5.00. The lowest BCUT2D eigenvalue weighted by atomic mass is 9.85. The van der Waals surface area contributed by atoms with E-state index in [0.29, 0.717) is 11.8 Å². The lowest BCUT2D eigenvalue weighted by molar-refractivity contribution is 0.117. The highest BCUT2D eigenvalue weighted by molar-refractivity contribution is 5.29. The monoisotopic (exact) mass is 250 g/mol. The predicted octanol–water partition coefficient (Wildman–Crippen LogP) is 2.42. The van der Waals surface area contributed by atoms with Gasteiger partial charge in [-0.25, -0.2) is 10.8 Å². The Bertz CT molecular complexity index is 397. The largest absolute Gasteiger partial charge is 0.474 e. The molecule has 0 aromatic carbocycles. The summed E-state index contributed by atoms with van der Waals surface area (Å²) in [5.74, 6) is 7.16. The van der Waals surface area contributed by atoms with Gasteiger partial charge in [0.2, 0.25) is 11.8 Å². The van der Waals surface area contributed by atoms with Crippen molar-refractivity contribution in [2.75, 3.05) is 5.43 Å². The van der Waals surface area contributed by atoms with Crippen molar-refractivity contribution in [1.29, 1.82) is 0 Å². The van der Waals surface area contributed by atoms with Crippen LogP contribution in [0.15, 0.2) is 6.07 Å². The van der Waals surface area contributed by atoms with Gasteiger partial charge in [-0.3, -0.25) is 5.43 Å². The van der Waals surface area contributed by atoms with Gasteiger partial charge in [-0.2, -0.15) is 4.98 Å². The Morgan fingerprint density at radius 3 is 3.00 bits per heavy atom. The number of rotatable bonds is 4. The van der Waals surface area contributed by atoms with Crippen molar-refractivity contribution in [1.82, 2.24) is 9.97 Å². The standard InChI is InChI=1S/C13H22N4O/c1-3-10-5-4-6-11(8-10)18-12-7-9(2)15-13(16-12)17-14/h7,10-11H,3-6,8,14H2,1-2H3,(H,15,16,17). The van der Waals surface area contributed by atoms with Crippen LogP contribution in [0.5, 0.6) is 5.88 Å². The van der Waals surface area contributed by atoms with Gasteiger partial charge in [0.05, 0.1) is 0 Å². The average molecular weight is 250 g/mol. The molecular weight excluding hydrogens is 228 g/mol. The smallest absolute Gasteiger partial charge is 0.240 e. The van der Waals surface area contributed by atoms with Crippen molar-refractivity contribution < 1.29 is 4.74 Å². The maximum absolute atomic E-state index is 5.96. The number of anilines is 1. The van der Waals surface area contributed by atoms with Crippen molar-refractivity contribution in [2.24, 2.45) is 11.8 Å². The Kier molecular flexibility index (Phi) is 4.36. The van der Waals surface area contributed by atoms with Crippen molar-refractivity contribution in [2.45, 2.75) is 52.1 Å². The third-order valence-corrected chi connectivity index (χ3v) is 3.56. The van der Waals surface area contributed by atoms with Crippen LogP contribution >= 0.6 is 0 Å². The molecule has 2 unspecified atom stereocenters. The molecule has 1 aliphatic rings. The SMILES string of the molecule is CCC1CCCC(Oc2cc(C)nc(NN)n2)C1. The van der Waals surface area contributed by atoms with Crippen LogP contribution in [0.3, 0.4) is 0 Å². The number of aryl methyl sites for hydroxylation is 1. The van der Waals surface area contributed by atoms with Crippen molar-refractivity contribution in [3.8, 4) is 5.88 Å². The zero-order chi connectivity index (χ0) is 13.0. The van der Waals surface area contributed by atoms with E-state index in [2.05, 4.69) is 22.3 Å². The highest BCUT2D eigenvalue weighted by Crippen LogP contribution is 2.29. The summed E-state index contributed by atoms with van der Waals surface area (Å²) < 4.78 is 5.96. The number of nitrogens with one attached hydrogen (secondary N) is 1. The van der Waals surface area contributed by atoms with Gasteiger partial charge < -0.3 is 4.74 Å². The van der Waals surface area contributed by atoms with Gasteiger partial charge in [-0.1, -0.05) is 19.8 Å². The maximum atomic E-state index is 5.96. The highest BCUT2D eigenvalue weighted by Gasteiger charge is 2.22. The van der Waals surface area contributed by atoms with E-state index in [0.717, 1.165) is 24.5 Å². The molecule has 1 aromatic heterocycles. The van der Waals surface area contributed by atoms with Gasteiger partial charge in [0.15, 0.2) is 0 Å². The summed E-state index contributed by atoms with van der Waals surface area (Å²) in [4.78, 5) is 8.38. The molecule has 100 valence electrons. The van der Waals surface area contributed by atoms with E-state index >= 15 is 0 Å². The molecule has 5 heteroatoms. The molecule has 1 aromatic rings. The third kappa shape index (κ3) is 3.32. The van der Waals surface area contributed by atoms with Crippen molar-refractivity contribution in [3.63, 3.8) is 0 Å². The molecule has 18 heavy (non-hydrogen) atoms. The van der Waals surface area contributed by atoms with Crippen LogP contribution in [-0.2, 0) is 0 Å². The lowest BCUT2D eigenvalue weighted by Crippen LogP contribution is -2.25. The van der Waals surface area contributed by atoms with Crippen LogP contribution in [0.25, 0.3) is 0 Å². The molecule has 5 nitrogen and oxygen atoms in total. The zero-order valence-corrected chi connectivity index (χ0v) is 11.1. The maximum Gasteiger partial charge on any atom is 0.240 e.